The standard InChI is InChI=1S/C14H21N3O3S2/c1-16(2)17(12-8-9-22(18,19)10-12)14(21)15-11-4-6-13(20-3)7-5-11/h4-7,12H,8-10H2,1-3H3,(H,15,21)/t12-/m1/s1. The van der Waals surface area contributed by atoms with Crippen LogP contribution in [0.1, 0.15) is 6.42 Å². The Bertz CT molecular complexity index is 629. The van der Waals surface area contributed by atoms with Crippen molar-refractivity contribution in [3.8, 4) is 5.75 Å². The lowest BCUT2D eigenvalue weighted by Crippen LogP contribution is -2.51. The highest BCUT2D eigenvalue weighted by Crippen LogP contribution is 2.21. The topological polar surface area (TPSA) is 61.9 Å². The Morgan fingerprint density at radius 1 is 1.32 bits per heavy atom. The molecule has 122 valence electrons. The third-order valence-corrected chi connectivity index (χ3v) is 5.57. The molecule has 0 aliphatic carbocycles. The highest BCUT2D eigenvalue weighted by Gasteiger charge is 2.34. The number of ether oxygens (including phenoxy) is 1. The molecule has 0 saturated carbocycles. The van der Waals surface area contributed by atoms with Crippen LogP contribution in [0.4, 0.5) is 5.69 Å². The maximum atomic E-state index is 11.7. The molecule has 0 spiro atoms. The molecule has 0 bridgehead atoms. The van der Waals surface area contributed by atoms with Crippen LogP contribution in [0.15, 0.2) is 24.3 Å². The average Bonchev–Trinajstić information content (AvgIpc) is 2.79. The fourth-order valence-electron chi connectivity index (χ4n) is 2.50. The Hall–Kier alpha value is -1.38. The molecule has 1 aliphatic heterocycles. The number of thiocarbonyl (C=S) groups is 1. The molecule has 22 heavy (non-hydrogen) atoms. The number of nitrogens with zero attached hydrogens (tertiary/aromatic N) is 2. The van der Waals surface area contributed by atoms with E-state index in [1.807, 2.05) is 48.4 Å². The largest absolute Gasteiger partial charge is 0.497 e. The summed E-state index contributed by atoms with van der Waals surface area (Å²) in [6.07, 6.45) is 0.588. The third-order valence-electron chi connectivity index (χ3n) is 3.53. The monoisotopic (exact) mass is 343 g/mol. The molecule has 8 heteroatoms. The van der Waals surface area contributed by atoms with Gasteiger partial charge in [0.1, 0.15) is 5.75 Å². The predicted octanol–water partition coefficient (Wildman–Crippen LogP) is 1.36. The van der Waals surface area contributed by atoms with Gasteiger partial charge in [0.05, 0.1) is 24.7 Å². The zero-order valence-electron chi connectivity index (χ0n) is 12.9. The van der Waals surface area contributed by atoms with Gasteiger partial charge < -0.3 is 10.1 Å². The highest BCUT2D eigenvalue weighted by molar-refractivity contribution is 7.91. The first-order valence-corrected chi connectivity index (χ1v) is 9.17. The van der Waals surface area contributed by atoms with E-state index in [-0.39, 0.29) is 17.5 Å². The van der Waals surface area contributed by atoms with Crippen molar-refractivity contribution >= 4 is 32.9 Å². The second kappa shape index (κ2) is 6.80. The summed E-state index contributed by atoms with van der Waals surface area (Å²) in [6, 6.07) is 7.28. The van der Waals surface area contributed by atoms with E-state index in [2.05, 4.69) is 5.32 Å². The van der Waals surface area contributed by atoms with Gasteiger partial charge in [0.25, 0.3) is 0 Å². The first-order valence-electron chi connectivity index (χ1n) is 6.94. The molecular weight excluding hydrogens is 322 g/mol. The molecule has 1 aromatic rings. The van der Waals surface area contributed by atoms with Crippen LogP contribution < -0.4 is 10.1 Å². The van der Waals surface area contributed by atoms with E-state index in [4.69, 9.17) is 17.0 Å². The number of methoxy groups -OCH3 is 1. The SMILES string of the molecule is COc1ccc(NC(=S)N([C@@H]2CCS(=O)(=O)C2)N(C)C)cc1. The highest BCUT2D eigenvalue weighted by atomic mass is 32.2. The summed E-state index contributed by atoms with van der Waals surface area (Å²) < 4.78 is 28.5. The van der Waals surface area contributed by atoms with Crippen molar-refractivity contribution < 1.29 is 13.2 Å². The first kappa shape index (κ1) is 17.0. The number of benzene rings is 1. The van der Waals surface area contributed by atoms with Crippen LogP contribution in [0.2, 0.25) is 0 Å². The van der Waals surface area contributed by atoms with E-state index in [0.29, 0.717) is 11.5 Å². The van der Waals surface area contributed by atoms with E-state index in [1.54, 1.807) is 7.11 Å². The van der Waals surface area contributed by atoms with Gasteiger partial charge in [-0.3, -0.25) is 5.01 Å². The van der Waals surface area contributed by atoms with Crippen molar-refractivity contribution in [3.05, 3.63) is 24.3 Å². The van der Waals surface area contributed by atoms with Crippen molar-refractivity contribution in [2.24, 2.45) is 0 Å². The second-order valence-electron chi connectivity index (χ2n) is 5.41. The average molecular weight is 343 g/mol. The lowest BCUT2D eigenvalue weighted by molar-refractivity contribution is 0.0757. The molecule has 1 aromatic carbocycles. The number of nitrogens with one attached hydrogen (secondary N) is 1. The molecule has 2 rings (SSSR count). The maximum absolute atomic E-state index is 11.7. The molecule has 1 saturated heterocycles. The Morgan fingerprint density at radius 2 is 1.95 bits per heavy atom. The van der Waals surface area contributed by atoms with Crippen LogP contribution in [0.3, 0.4) is 0 Å². The van der Waals surface area contributed by atoms with Crippen LogP contribution in [0.5, 0.6) is 5.75 Å². The summed E-state index contributed by atoms with van der Waals surface area (Å²) in [4.78, 5) is 0. The van der Waals surface area contributed by atoms with Crippen molar-refractivity contribution in [2.45, 2.75) is 12.5 Å². The first-order chi connectivity index (χ1) is 10.3. The van der Waals surface area contributed by atoms with Gasteiger partial charge in [-0.05, 0) is 42.9 Å². The fraction of sp³-hybridized carbons (Fsp3) is 0.500. The zero-order chi connectivity index (χ0) is 16.3. The number of hydrogen-bond acceptors (Lipinski definition) is 5. The molecule has 1 heterocycles. The van der Waals surface area contributed by atoms with Gasteiger partial charge in [-0.25, -0.2) is 13.4 Å². The molecule has 0 aromatic heterocycles. The van der Waals surface area contributed by atoms with Crippen molar-refractivity contribution in [1.29, 1.82) is 0 Å². The second-order valence-corrected chi connectivity index (χ2v) is 8.02. The smallest absolute Gasteiger partial charge is 0.188 e. The van der Waals surface area contributed by atoms with E-state index in [9.17, 15) is 8.42 Å². The van der Waals surface area contributed by atoms with Crippen LogP contribution >= 0.6 is 12.2 Å². The zero-order valence-corrected chi connectivity index (χ0v) is 14.6. The van der Waals surface area contributed by atoms with Crippen molar-refractivity contribution in [3.63, 3.8) is 0 Å². The van der Waals surface area contributed by atoms with E-state index >= 15 is 0 Å². The fourth-order valence-corrected chi connectivity index (χ4v) is 4.62. The lowest BCUT2D eigenvalue weighted by atomic mass is 10.2. The minimum atomic E-state index is -2.96. The Labute approximate surface area is 136 Å². The summed E-state index contributed by atoms with van der Waals surface area (Å²) in [7, 11) is 2.36. The molecular formula is C14H21N3O3S2. The minimum absolute atomic E-state index is 0.127. The van der Waals surface area contributed by atoms with Gasteiger partial charge in [-0.1, -0.05) is 0 Å². The summed E-state index contributed by atoms with van der Waals surface area (Å²) in [5.74, 6) is 1.12. The van der Waals surface area contributed by atoms with Crippen LogP contribution in [-0.4, -0.2) is 62.3 Å². The van der Waals surface area contributed by atoms with Gasteiger partial charge in [0, 0.05) is 19.8 Å². The molecule has 0 radical (unpaired) electrons. The minimum Gasteiger partial charge on any atom is -0.497 e. The summed E-state index contributed by atoms with van der Waals surface area (Å²) in [6.45, 7) is 0. The number of sulfone groups is 1. The normalized spacial score (nSPS) is 19.9. The van der Waals surface area contributed by atoms with Gasteiger partial charge in [-0.15, -0.1) is 0 Å². The molecule has 1 fully saturated rings. The van der Waals surface area contributed by atoms with E-state index < -0.39 is 9.84 Å². The number of hydrazine groups is 1. The molecule has 6 nitrogen and oxygen atoms in total. The Kier molecular flexibility index (Phi) is 5.25. The lowest BCUT2D eigenvalue weighted by Gasteiger charge is -2.36. The third kappa shape index (κ3) is 4.08. The summed E-state index contributed by atoms with van der Waals surface area (Å²) >= 11 is 5.45. The van der Waals surface area contributed by atoms with Crippen molar-refractivity contribution in [2.75, 3.05) is 38.0 Å². The van der Waals surface area contributed by atoms with Crippen LogP contribution in [0, 0.1) is 0 Å². The molecule has 0 amide bonds. The van der Waals surface area contributed by atoms with E-state index in [0.717, 1.165) is 11.4 Å². The van der Waals surface area contributed by atoms with Crippen LogP contribution in [0.25, 0.3) is 0 Å². The maximum Gasteiger partial charge on any atom is 0.188 e. The summed E-state index contributed by atoms with van der Waals surface area (Å²) in [5.41, 5.74) is 0.832. The van der Waals surface area contributed by atoms with Gasteiger partial charge in [0.2, 0.25) is 0 Å². The number of hydrogen-bond donors (Lipinski definition) is 1. The molecule has 1 N–H and O–H groups in total. The van der Waals surface area contributed by atoms with Crippen molar-refractivity contribution in [1.82, 2.24) is 10.0 Å². The number of anilines is 1. The predicted molar refractivity (Wildman–Crippen MR) is 91.8 cm³/mol. The van der Waals surface area contributed by atoms with Gasteiger partial charge >= 0.3 is 0 Å². The van der Waals surface area contributed by atoms with Gasteiger partial charge in [0.15, 0.2) is 14.9 Å². The Balaban J connectivity index is 2.09. The van der Waals surface area contributed by atoms with Gasteiger partial charge in [-0.2, -0.15) is 0 Å². The molecule has 1 aliphatic rings. The van der Waals surface area contributed by atoms with Crippen LogP contribution in [-0.2, 0) is 9.84 Å². The Morgan fingerprint density at radius 3 is 2.41 bits per heavy atom. The summed E-state index contributed by atoms with van der Waals surface area (Å²) in [5, 5.41) is 7.28. The molecule has 0 unspecified atom stereocenters. The van der Waals surface area contributed by atoms with E-state index in [1.165, 1.54) is 0 Å². The molecule has 1 atom stereocenters. The number of rotatable bonds is 4. The quantitative estimate of drug-likeness (QED) is 0.654.